The molecule has 2 rings (SSSR count). The lowest BCUT2D eigenvalue weighted by atomic mass is 10.3. The maximum absolute atomic E-state index is 11.7. The Morgan fingerprint density at radius 3 is 2.00 bits per heavy atom. The Labute approximate surface area is 152 Å². The molecule has 0 bridgehead atoms. The zero-order chi connectivity index (χ0) is 18.6. The highest BCUT2D eigenvalue weighted by molar-refractivity contribution is 5.82. The van der Waals surface area contributed by atoms with Crippen molar-refractivity contribution in [2.45, 2.75) is 13.3 Å². The van der Waals surface area contributed by atoms with Crippen molar-refractivity contribution in [1.82, 2.24) is 10.9 Å². The van der Waals surface area contributed by atoms with Gasteiger partial charge in [-0.25, -0.2) is 0 Å². The van der Waals surface area contributed by atoms with Crippen LogP contribution in [0.1, 0.15) is 13.3 Å². The molecule has 0 fully saturated rings. The van der Waals surface area contributed by atoms with E-state index in [1.807, 2.05) is 25.1 Å². The predicted molar refractivity (Wildman–Crippen MR) is 95.9 cm³/mol. The molecule has 2 amide bonds. The van der Waals surface area contributed by atoms with Crippen molar-refractivity contribution in [3.05, 3.63) is 54.6 Å². The number of ether oxygens (including phenoxy) is 3. The Hall–Kier alpha value is -3.22. The van der Waals surface area contributed by atoms with Gasteiger partial charge in [0.2, 0.25) is 5.91 Å². The molecule has 7 heteroatoms. The smallest absolute Gasteiger partial charge is 0.276 e. The molecule has 0 saturated heterocycles. The van der Waals surface area contributed by atoms with Gasteiger partial charge in [0.15, 0.2) is 6.61 Å². The summed E-state index contributed by atoms with van der Waals surface area (Å²) in [5.41, 5.74) is 4.60. The lowest BCUT2D eigenvalue weighted by molar-refractivity contribution is -0.130. The van der Waals surface area contributed by atoms with Crippen LogP contribution in [0.25, 0.3) is 0 Å². The van der Waals surface area contributed by atoms with Crippen LogP contribution in [0.4, 0.5) is 0 Å². The van der Waals surface area contributed by atoms with Crippen LogP contribution in [0.2, 0.25) is 0 Å². The Kier molecular flexibility index (Phi) is 7.79. The van der Waals surface area contributed by atoms with E-state index >= 15 is 0 Å². The number of hydrazine groups is 1. The van der Waals surface area contributed by atoms with Crippen molar-refractivity contribution < 1.29 is 23.8 Å². The summed E-state index contributed by atoms with van der Waals surface area (Å²) in [5, 5.41) is 0. The molecule has 2 aromatic rings. The number of amides is 2. The van der Waals surface area contributed by atoms with Crippen LogP contribution in [-0.2, 0) is 9.59 Å². The molecular weight excluding hydrogens is 336 g/mol. The summed E-state index contributed by atoms with van der Waals surface area (Å²) in [6.07, 6.45) is 0.120. The first kappa shape index (κ1) is 19.1. The fraction of sp³-hybridized carbons (Fsp3) is 0.263. The number of carbonyl (C=O) groups is 2. The molecule has 7 nitrogen and oxygen atoms in total. The van der Waals surface area contributed by atoms with Crippen molar-refractivity contribution in [2.75, 3.05) is 19.8 Å². The van der Waals surface area contributed by atoms with Crippen LogP contribution in [-0.4, -0.2) is 31.6 Å². The number of carbonyl (C=O) groups excluding carboxylic acids is 2. The minimum atomic E-state index is -0.462. The standard InChI is InChI=1S/C19H22N2O5/c1-2-24-16-8-10-17(11-9-16)26-14-19(23)21-20-18(22)12-13-25-15-6-4-3-5-7-15/h3-11H,2,12-14H2,1H3,(H,20,22)(H,21,23). The van der Waals surface area contributed by atoms with Crippen molar-refractivity contribution in [2.24, 2.45) is 0 Å². The lowest BCUT2D eigenvalue weighted by Crippen LogP contribution is -2.44. The molecule has 0 radical (unpaired) electrons. The molecule has 26 heavy (non-hydrogen) atoms. The molecule has 0 aliphatic rings. The van der Waals surface area contributed by atoms with E-state index in [0.29, 0.717) is 18.1 Å². The van der Waals surface area contributed by atoms with Crippen LogP contribution < -0.4 is 25.1 Å². The van der Waals surface area contributed by atoms with E-state index in [4.69, 9.17) is 14.2 Å². The third-order valence-electron chi connectivity index (χ3n) is 3.19. The Morgan fingerprint density at radius 1 is 0.769 bits per heavy atom. The second-order valence-electron chi connectivity index (χ2n) is 5.20. The van der Waals surface area contributed by atoms with Gasteiger partial charge in [-0.15, -0.1) is 0 Å². The number of benzene rings is 2. The van der Waals surface area contributed by atoms with E-state index in [1.165, 1.54) is 0 Å². The molecule has 2 aromatic carbocycles. The Bertz CT molecular complexity index is 689. The number of hydrogen-bond donors (Lipinski definition) is 2. The van der Waals surface area contributed by atoms with Crippen LogP contribution >= 0.6 is 0 Å². The molecule has 0 unspecified atom stereocenters. The Morgan fingerprint density at radius 2 is 1.35 bits per heavy atom. The average Bonchev–Trinajstić information content (AvgIpc) is 2.67. The van der Waals surface area contributed by atoms with Gasteiger partial charge in [-0.05, 0) is 43.3 Å². The summed E-state index contributed by atoms with van der Waals surface area (Å²) >= 11 is 0. The summed E-state index contributed by atoms with van der Waals surface area (Å²) in [6.45, 7) is 2.48. The van der Waals surface area contributed by atoms with Gasteiger partial charge in [0.05, 0.1) is 19.6 Å². The number of hydrogen-bond acceptors (Lipinski definition) is 5. The first-order chi connectivity index (χ1) is 12.7. The molecule has 0 aromatic heterocycles. The minimum Gasteiger partial charge on any atom is -0.494 e. The molecule has 0 aliphatic heterocycles. The summed E-state index contributed by atoms with van der Waals surface area (Å²) in [5.74, 6) is 1.14. The van der Waals surface area contributed by atoms with Gasteiger partial charge in [-0.1, -0.05) is 18.2 Å². The molecule has 0 spiro atoms. The van der Waals surface area contributed by atoms with Gasteiger partial charge in [-0.3, -0.25) is 20.4 Å². The molecule has 138 valence electrons. The fourth-order valence-electron chi connectivity index (χ4n) is 1.96. The zero-order valence-corrected chi connectivity index (χ0v) is 14.6. The monoisotopic (exact) mass is 358 g/mol. The summed E-state index contributed by atoms with van der Waals surface area (Å²) in [4.78, 5) is 23.3. The normalized spacial score (nSPS) is 9.88. The lowest BCUT2D eigenvalue weighted by Gasteiger charge is -2.10. The minimum absolute atomic E-state index is 0.120. The number of rotatable bonds is 9. The first-order valence-electron chi connectivity index (χ1n) is 8.28. The summed E-state index contributed by atoms with van der Waals surface area (Å²) < 4.78 is 16.1. The van der Waals surface area contributed by atoms with Crippen LogP contribution in [0, 0.1) is 0 Å². The van der Waals surface area contributed by atoms with Gasteiger partial charge in [0.25, 0.3) is 5.91 Å². The van der Waals surface area contributed by atoms with Crippen molar-refractivity contribution in [1.29, 1.82) is 0 Å². The van der Waals surface area contributed by atoms with E-state index in [9.17, 15) is 9.59 Å². The molecule has 0 saturated carbocycles. The van der Waals surface area contributed by atoms with Gasteiger partial charge >= 0.3 is 0 Å². The summed E-state index contributed by atoms with van der Waals surface area (Å²) in [6, 6.07) is 16.1. The molecule has 0 heterocycles. The van der Waals surface area contributed by atoms with Gasteiger partial charge < -0.3 is 14.2 Å². The van der Waals surface area contributed by atoms with Gasteiger partial charge in [0.1, 0.15) is 17.2 Å². The third-order valence-corrected chi connectivity index (χ3v) is 3.19. The van der Waals surface area contributed by atoms with Crippen LogP contribution in [0.15, 0.2) is 54.6 Å². The highest BCUT2D eigenvalue weighted by Crippen LogP contribution is 2.17. The van der Waals surface area contributed by atoms with Crippen molar-refractivity contribution in [3.63, 3.8) is 0 Å². The van der Waals surface area contributed by atoms with Crippen LogP contribution in [0.3, 0.4) is 0 Å². The Balaban J connectivity index is 1.59. The summed E-state index contributed by atoms with van der Waals surface area (Å²) in [7, 11) is 0. The van der Waals surface area contributed by atoms with Gasteiger partial charge in [0, 0.05) is 0 Å². The van der Waals surface area contributed by atoms with Gasteiger partial charge in [-0.2, -0.15) is 0 Å². The second kappa shape index (κ2) is 10.6. The maximum atomic E-state index is 11.7. The van der Waals surface area contributed by atoms with E-state index in [-0.39, 0.29) is 25.5 Å². The molecule has 0 atom stereocenters. The van der Waals surface area contributed by atoms with Crippen LogP contribution in [0.5, 0.6) is 17.2 Å². The third kappa shape index (κ3) is 7.12. The van der Waals surface area contributed by atoms with E-state index in [2.05, 4.69) is 10.9 Å². The molecule has 0 aliphatic carbocycles. The predicted octanol–water partition coefficient (Wildman–Crippen LogP) is 2.08. The number of nitrogens with one attached hydrogen (secondary N) is 2. The van der Waals surface area contributed by atoms with E-state index in [0.717, 1.165) is 5.75 Å². The highest BCUT2D eigenvalue weighted by Gasteiger charge is 2.06. The average molecular weight is 358 g/mol. The van der Waals surface area contributed by atoms with E-state index in [1.54, 1.807) is 36.4 Å². The molecule has 2 N–H and O–H groups in total. The fourth-order valence-corrected chi connectivity index (χ4v) is 1.96. The zero-order valence-electron chi connectivity index (χ0n) is 14.6. The first-order valence-corrected chi connectivity index (χ1v) is 8.28. The highest BCUT2D eigenvalue weighted by atomic mass is 16.5. The quantitative estimate of drug-likeness (QED) is 0.671. The second-order valence-corrected chi connectivity index (χ2v) is 5.20. The maximum Gasteiger partial charge on any atom is 0.276 e. The number of para-hydroxylation sites is 1. The molecular formula is C19H22N2O5. The largest absolute Gasteiger partial charge is 0.494 e. The SMILES string of the molecule is CCOc1ccc(OCC(=O)NNC(=O)CCOc2ccccc2)cc1. The topological polar surface area (TPSA) is 85.9 Å². The van der Waals surface area contributed by atoms with Crippen molar-refractivity contribution in [3.8, 4) is 17.2 Å². The van der Waals surface area contributed by atoms with Crippen molar-refractivity contribution >= 4 is 11.8 Å². The van der Waals surface area contributed by atoms with E-state index < -0.39 is 5.91 Å².